The molecule has 10 heavy (non-hydrogen) atoms. The van der Waals surface area contributed by atoms with Crippen molar-refractivity contribution in [1.29, 1.82) is 0 Å². The fourth-order valence-electron chi connectivity index (χ4n) is 1.01. The summed E-state index contributed by atoms with van der Waals surface area (Å²) in [6.07, 6.45) is -0.0162. The number of esters is 1. The second-order valence-electron chi connectivity index (χ2n) is 2.66. The molecule has 58 valence electrons. The highest BCUT2D eigenvalue weighted by molar-refractivity contribution is 5.66. The van der Waals surface area contributed by atoms with E-state index in [0.717, 1.165) is 0 Å². The zero-order valence-electron chi connectivity index (χ0n) is 6.29. The lowest BCUT2D eigenvalue weighted by Crippen LogP contribution is -2.22. The Bertz CT molecular complexity index is 133. The largest absolute Gasteiger partial charge is 0.460 e. The summed E-state index contributed by atoms with van der Waals surface area (Å²) in [7, 11) is 0. The Hall–Kier alpha value is -0.570. The van der Waals surface area contributed by atoms with Crippen molar-refractivity contribution >= 4 is 5.97 Å². The molecule has 3 nitrogen and oxygen atoms in total. The molecule has 2 atom stereocenters. The van der Waals surface area contributed by atoms with Crippen molar-refractivity contribution in [3.63, 3.8) is 0 Å². The van der Waals surface area contributed by atoms with Crippen LogP contribution in [0, 0.1) is 5.92 Å². The molecule has 1 heterocycles. The third-order valence-corrected chi connectivity index (χ3v) is 1.61. The average Bonchev–Trinajstić information content (AvgIpc) is 2.15. The number of hydrogen-bond acceptors (Lipinski definition) is 3. The summed E-state index contributed by atoms with van der Waals surface area (Å²) in [6.45, 7) is 4.70. The maximum absolute atomic E-state index is 10.5. The molecule has 0 unspecified atom stereocenters. The summed E-state index contributed by atoms with van der Waals surface area (Å²) >= 11 is 0. The van der Waals surface area contributed by atoms with E-state index in [9.17, 15) is 4.79 Å². The van der Waals surface area contributed by atoms with Crippen LogP contribution in [0.15, 0.2) is 0 Å². The summed E-state index contributed by atoms with van der Waals surface area (Å²) in [6, 6.07) is 0. The van der Waals surface area contributed by atoms with Crippen LogP contribution in [-0.2, 0) is 14.3 Å². The minimum Gasteiger partial charge on any atom is -0.460 e. The average molecular weight is 144 g/mol. The Morgan fingerprint density at radius 2 is 2.30 bits per heavy atom. The van der Waals surface area contributed by atoms with Crippen LogP contribution in [0.1, 0.15) is 13.8 Å². The quantitative estimate of drug-likeness (QED) is 0.505. The van der Waals surface area contributed by atoms with E-state index < -0.39 is 0 Å². The van der Waals surface area contributed by atoms with E-state index in [1.807, 2.05) is 6.92 Å². The van der Waals surface area contributed by atoms with Gasteiger partial charge in [-0.3, -0.25) is 4.79 Å². The van der Waals surface area contributed by atoms with E-state index in [1.54, 1.807) is 0 Å². The first-order valence-corrected chi connectivity index (χ1v) is 3.45. The van der Waals surface area contributed by atoms with E-state index in [4.69, 9.17) is 9.47 Å². The van der Waals surface area contributed by atoms with Gasteiger partial charge in [-0.2, -0.15) is 0 Å². The number of carbonyl (C=O) groups excluding carboxylic acids is 1. The monoisotopic (exact) mass is 144 g/mol. The van der Waals surface area contributed by atoms with Crippen LogP contribution >= 0.6 is 0 Å². The minimum absolute atomic E-state index is 0.0162. The molecule has 1 fully saturated rings. The second-order valence-corrected chi connectivity index (χ2v) is 2.66. The molecule has 0 N–H and O–H groups in total. The zero-order chi connectivity index (χ0) is 7.56. The lowest BCUT2D eigenvalue weighted by Gasteiger charge is -2.11. The number of carbonyl (C=O) groups is 1. The van der Waals surface area contributed by atoms with E-state index in [1.165, 1.54) is 6.92 Å². The maximum Gasteiger partial charge on any atom is 0.302 e. The standard InChI is InChI=1S/C7H12O3/c1-5-3-9-4-7(5)10-6(2)8/h5,7H,3-4H2,1-2H3/t5-,7+/m0/s1. The first-order valence-electron chi connectivity index (χ1n) is 3.45. The molecule has 0 spiro atoms. The van der Waals surface area contributed by atoms with Crippen LogP contribution in [0.25, 0.3) is 0 Å². The van der Waals surface area contributed by atoms with Gasteiger partial charge in [0.25, 0.3) is 0 Å². The van der Waals surface area contributed by atoms with Crippen molar-refractivity contribution in [2.24, 2.45) is 5.92 Å². The molecule has 0 aromatic carbocycles. The van der Waals surface area contributed by atoms with Gasteiger partial charge in [-0.15, -0.1) is 0 Å². The normalized spacial score (nSPS) is 32.2. The molecule has 1 saturated heterocycles. The lowest BCUT2D eigenvalue weighted by molar-refractivity contribution is -0.147. The van der Waals surface area contributed by atoms with Crippen LogP contribution in [0.3, 0.4) is 0 Å². The van der Waals surface area contributed by atoms with Gasteiger partial charge in [-0.05, 0) is 0 Å². The Balaban J connectivity index is 2.33. The van der Waals surface area contributed by atoms with Gasteiger partial charge in [0.1, 0.15) is 6.10 Å². The van der Waals surface area contributed by atoms with Crippen LogP contribution in [0.5, 0.6) is 0 Å². The van der Waals surface area contributed by atoms with Crippen molar-refractivity contribution in [3.8, 4) is 0 Å². The molecule has 0 radical (unpaired) electrons. The van der Waals surface area contributed by atoms with Crippen molar-refractivity contribution in [1.82, 2.24) is 0 Å². The molecule has 3 heteroatoms. The Morgan fingerprint density at radius 3 is 2.70 bits per heavy atom. The molecule has 1 aliphatic rings. The molecule has 0 aromatic heterocycles. The summed E-state index contributed by atoms with van der Waals surface area (Å²) in [5, 5.41) is 0. The summed E-state index contributed by atoms with van der Waals surface area (Å²) < 4.78 is 10.1. The third kappa shape index (κ3) is 1.70. The predicted molar refractivity (Wildman–Crippen MR) is 35.5 cm³/mol. The Labute approximate surface area is 60.3 Å². The fraction of sp³-hybridized carbons (Fsp3) is 0.857. The van der Waals surface area contributed by atoms with Gasteiger partial charge in [-0.1, -0.05) is 6.92 Å². The van der Waals surface area contributed by atoms with E-state index in [2.05, 4.69) is 0 Å². The molecule has 0 bridgehead atoms. The zero-order valence-corrected chi connectivity index (χ0v) is 6.29. The van der Waals surface area contributed by atoms with Gasteiger partial charge >= 0.3 is 5.97 Å². The van der Waals surface area contributed by atoms with Gasteiger partial charge in [-0.25, -0.2) is 0 Å². The molecule has 0 saturated carbocycles. The van der Waals surface area contributed by atoms with E-state index in [0.29, 0.717) is 19.1 Å². The Morgan fingerprint density at radius 1 is 1.60 bits per heavy atom. The van der Waals surface area contributed by atoms with Gasteiger partial charge in [0, 0.05) is 12.8 Å². The molecule has 0 aromatic rings. The van der Waals surface area contributed by atoms with Crippen LogP contribution in [0.2, 0.25) is 0 Å². The molecule has 0 aliphatic carbocycles. The molecule has 1 aliphatic heterocycles. The summed E-state index contributed by atoms with van der Waals surface area (Å²) in [5.74, 6) is 0.131. The predicted octanol–water partition coefficient (Wildman–Crippen LogP) is 0.584. The number of rotatable bonds is 1. The Kier molecular flexibility index (Phi) is 2.27. The van der Waals surface area contributed by atoms with Crippen molar-refractivity contribution in [3.05, 3.63) is 0 Å². The van der Waals surface area contributed by atoms with Gasteiger partial charge in [0.05, 0.1) is 13.2 Å². The van der Waals surface area contributed by atoms with Crippen LogP contribution < -0.4 is 0 Å². The van der Waals surface area contributed by atoms with E-state index >= 15 is 0 Å². The van der Waals surface area contributed by atoms with Gasteiger partial charge < -0.3 is 9.47 Å². The molecular weight excluding hydrogens is 132 g/mol. The SMILES string of the molecule is CC(=O)O[C@@H]1COC[C@@H]1C. The van der Waals surface area contributed by atoms with Gasteiger partial charge in [0.2, 0.25) is 0 Å². The maximum atomic E-state index is 10.5. The highest BCUT2D eigenvalue weighted by Crippen LogP contribution is 2.15. The van der Waals surface area contributed by atoms with E-state index in [-0.39, 0.29) is 12.1 Å². The summed E-state index contributed by atoms with van der Waals surface area (Å²) in [4.78, 5) is 10.5. The third-order valence-electron chi connectivity index (χ3n) is 1.61. The van der Waals surface area contributed by atoms with Crippen molar-refractivity contribution in [2.45, 2.75) is 20.0 Å². The van der Waals surface area contributed by atoms with Crippen molar-refractivity contribution in [2.75, 3.05) is 13.2 Å². The lowest BCUT2D eigenvalue weighted by atomic mass is 10.1. The second kappa shape index (κ2) is 3.01. The smallest absolute Gasteiger partial charge is 0.302 e. The molecular formula is C7H12O3. The molecule has 0 amide bonds. The fourth-order valence-corrected chi connectivity index (χ4v) is 1.01. The topological polar surface area (TPSA) is 35.5 Å². The minimum atomic E-state index is -0.220. The highest BCUT2D eigenvalue weighted by atomic mass is 16.6. The van der Waals surface area contributed by atoms with Crippen LogP contribution in [-0.4, -0.2) is 25.3 Å². The number of hydrogen-bond donors (Lipinski definition) is 0. The number of ether oxygens (including phenoxy) is 2. The molecule has 1 rings (SSSR count). The first kappa shape index (κ1) is 7.54. The van der Waals surface area contributed by atoms with Crippen molar-refractivity contribution < 1.29 is 14.3 Å². The highest BCUT2D eigenvalue weighted by Gasteiger charge is 2.26. The van der Waals surface area contributed by atoms with Crippen LogP contribution in [0.4, 0.5) is 0 Å². The first-order chi connectivity index (χ1) is 4.70. The summed E-state index contributed by atoms with van der Waals surface area (Å²) in [5.41, 5.74) is 0. The van der Waals surface area contributed by atoms with Gasteiger partial charge in [0.15, 0.2) is 0 Å².